The molecule has 0 radical (unpaired) electrons. The van der Waals surface area contributed by atoms with Crippen LogP contribution in [0.5, 0.6) is 0 Å². The summed E-state index contributed by atoms with van der Waals surface area (Å²) < 4.78 is 5.06. The molecule has 0 saturated heterocycles. The zero-order chi connectivity index (χ0) is 13.7. The number of ether oxygens (including phenoxy) is 1. The zero-order valence-corrected chi connectivity index (χ0v) is 11.1. The SMILES string of the molecule is CCOC(=O)c1ccc(CC)nc1-c1ccccn1. The summed E-state index contributed by atoms with van der Waals surface area (Å²) >= 11 is 0. The summed E-state index contributed by atoms with van der Waals surface area (Å²) in [6, 6.07) is 9.14. The van der Waals surface area contributed by atoms with Gasteiger partial charge in [-0.25, -0.2) is 4.79 Å². The van der Waals surface area contributed by atoms with E-state index < -0.39 is 0 Å². The van der Waals surface area contributed by atoms with E-state index in [1.165, 1.54) is 0 Å². The summed E-state index contributed by atoms with van der Waals surface area (Å²) in [5, 5.41) is 0. The summed E-state index contributed by atoms with van der Waals surface area (Å²) in [5.41, 5.74) is 2.64. The van der Waals surface area contributed by atoms with Crippen LogP contribution in [-0.4, -0.2) is 22.5 Å². The standard InChI is InChI=1S/C15H16N2O2/c1-3-11-8-9-12(15(18)19-4-2)14(17-11)13-7-5-6-10-16-13/h5-10H,3-4H2,1-2H3. The van der Waals surface area contributed by atoms with E-state index in [4.69, 9.17) is 4.74 Å². The van der Waals surface area contributed by atoms with Crippen molar-refractivity contribution in [2.45, 2.75) is 20.3 Å². The number of aryl methyl sites for hydroxylation is 1. The second-order valence-electron chi connectivity index (χ2n) is 3.99. The number of pyridine rings is 2. The van der Waals surface area contributed by atoms with Gasteiger partial charge in [-0.05, 0) is 37.6 Å². The topological polar surface area (TPSA) is 52.1 Å². The Balaban J connectivity index is 2.52. The monoisotopic (exact) mass is 256 g/mol. The molecule has 2 aromatic heterocycles. The summed E-state index contributed by atoms with van der Waals surface area (Å²) in [6.45, 7) is 4.15. The molecule has 0 unspecified atom stereocenters. The largest absolute Gasteiger partial charge is 0.462 e. The Morgan fingerprint density at radius 2 is 2.05 bits per heavy atom. The van der Waals surface area contributed by atoms with Crippen LogP contribution in [0.4, 0.5) is 0 Å². The second-order valence-corrected chi connectivity index (χ2v) is 3.99. The molecule has 0 amide bonds. The van der Waals surface area contributed by atoms with Gasteiger partial charge in [0.15, 0.2) is 0 Å². The van der Waals surface area contributed by atoms with Gasteiger partial charge in [0.05, 0.1) is 17.9 Å². The Hall–Kier alpha value is -2.23. The molecular weight excluding hydrogens is 240 g/mol. The van der Waals surface area contributed by atoms with Crippen molar-refractivity contribution in [3.05, 3.63) is 47.8 Å². The van der Waals surface area contributed by atoms with Crippen LogP contribution in [0.2, 0.25) is 0 Å². The van der Waals surface area contributed by atoms with E-state index in [9.17, 15) is 4.79 Å². The summed E-state index contributed by atoms with van der Waals surface area (Å²) in [5.74, 6) is -0.363. The van der Waals surface area contributed by atoms with Gasteiger partial charge in [-0.2, -0.15) is 0 Å². The molecule has 0 bridgehead atoms. The molecule has 0 aromatic carbocycles. The minimum atomic E-state index is -0.363. The van der Waals surface area contributed by atoms with Crippen LogP contribution in [0, 0.1) is 0 Å². The number of carbonyl (C=O) groups is 1. The Morgan fingerprint density at radius 1 is 1.21 bits per heavy atom. The first-order valence-electron chi connectivity index (χ1n) is 6.34. The molecule has 4 heteroatoms. The van der Waals surface area contributed by atoms with Crippen LogP contribution in [-0.2, 0) is 11.2 Å². The van der Waals surface area contributed by atoms with Gasteiger partial charge in [-0.15, -0.1) is 0 Å². The van der Waals surface area contributed by atoms with Crippen LogP contribution >= 0.6 is 0 Å². The smallest absolute Gasteiger partial charge is 0.340 e. The lowest BCUT2D eigenvalue weighted by Crippen LogP contribution is -2.09. The van der Waals surface area contributed by atoms with Gasteiger partial charge in [0.1, 0.15) is 5.69 Å². The number of hydrogen-bond donors (Lipinski definition) is 0. The predicted octanol–water partition coefficient (Wildman–Crippen LogP) is 2.88. The van der Waals surface area contributed by atoms with Crippen molar-refractivity contribution in [3.63, 3.8) is 0 Å². The predicted molar refractivity (Wildman–Crippen MR) is 72.8 cm³/mol. The fourth-order valence-electron chi connectivity index (χ4n) is 1.77. The number of carbonyl (C=O) groups excluding carboxylic acids is 1. The van der Waals surface area contributed by atoms with Crippen molar-refractivity contribution < 1.29 is 9.53 Å². The highest BCUT2D eigenvalue weighted by atomic mass is 16.5. The average Bonchev–Trinajstić information content (AvgIpc) is 2.47. The van der Waals surface area contributed by atoms with Crippen molar-refractivity contribution in [1.29, 1.82) is 0 Å². The fraction of sp³-hybridized carbons (Fsp3) is 0.267. The van der Waals surface area contributed by atoms with Gasteiger partial charge in [-0.1, -0.05) is 13.0 Å². The van der Waals surface area contributed by atoms with E-state index in [0.29, 0.717) is 23.6 Å². The van der Waals surface area contributed by atoms with Crippen LogP contribution in [0.3, 0.4) is 0 Å². The maximum atomic E-state index is 11.9. The fourth-order valence-corrected chi connectivity index (χ4v) is 1.77. The molecule has 19 heavy (non-hydrogen) atoms. The average molecular weight is 256 g/mol. The van der Waals surface area contributed by atoms with E-state index in [1.54, 1.807) is 19.2 Å². The zero-order valence-electron chi connectivity index (χ0n) is 11.1. The maximum absolute atomic E-state index is 11.9. The van der Waals surface area contributed by atoms with Gasteiger partial charge in [0.25, 0.3) is 0 Å². The van der Waals surface area contributed by atoms with Crippen LogP contribution < -0.4 is 0 Å². The second kappa shape index (κ2) is 6.09. The molecule has 98 valence electrons. The number of aromatic nitrogens is 2. The van der Waals surface area contributed by atoms with Gasteiger partial charge in [0, 0.05) is 11.9 Å². The van der Waals surface area contributed by atoms with Crippen molar-refractivity contribution in [2.75, 3.05) is 6.61 Å². The van der Waals surface area contributed by atoms with Crippen LogP contribution in [0.25, 0.3) is 11.4 Å². The number of nitrogens with zero attached hydrogens (tertiary/aromatic N) is 2. The van der Waals surface area contributed by atoms with Gasteiger partial charge in [0.2, 0.25) is 0 Å². The molecule has 0 saturated carbocycles. The highest BCUT2D eigenvalue weighted by Gasteiger charge is 2.16. The molecule has 0 aliphatic heterocycles. The minimum Gasteiger partial charge on any atom is -0.462 e. The third kappa shape index (κ3) is 2.96. The molecule has 0 spiro atoms. The lowest BCUT2D eigenvalue weighted by Gasteiger charge is -2.09. The highest BCUT2D eigenvalue weighted by molar-refractivity contribution is 5.95. The lowest BCUT2D eigenvalue weighted by atomic mass is 10.1. The lowest BCUT2D eigenvalue weighted by molar-refractivity contribution is 0.0527. The normalized spacial score (nSPS) is 10.2. The molecule has 0 aliphatic carbocycles. The molecule has 2 aromatic rings. The molecule has 0 aliphatic rings. The van der Waals surface area contributed by atoms with Gasteiger partial charge in [-0.3, -0.25) is 9.97 Å². The summed E-state index contributed by atoms with van der Waals surface area (Å²) in [7, 11) is 0. The van der Waals surface area contributed by atoms with Gasteiger partial charge >= 0.3 is 5.97 Å². The van der Waals surface area contributed by atoms with E-state index >= 15 is 0 Å². The third-order valence-corrected chi connectivity index (χ3v) is 2.72. The van der Waals surface area contributed by atoms with Crippen LogP contribution in [0.1, 0.15) is 29.9 Å². The van der Waals surface area contributed by atoms with Crippen molar-refractivity contribution in [2.24, 2.45) is 0 Å². The molecule has 0 atom stereocenters. The van der Waals surface area contributed by atoms with Crippen molar-refractivity contribution in [1.82, 2.24) is 9.97 Å². The first-order valence-corrected chi connectivity index (χ1v) is 6.34. The molecular formula is C15H16N2O2. The first-order chi connectivity index (χ1) is 9.26. The van der Waals surface area contributed by atoms with E-state index in [2.05, 4.69) is 9.97 Å². The highest BCUT2D eigenvalue weighted by Crippen LogP contribution is 2.21. The number of rotatable bonds is 4. The molecule has 4 nitrogen and oxygen atoms in total. The van der Waals surface area contributed by atoms with E-state index in [0.717, 1.165) is 12.1 Å². The number of hydrogen-bond acceptors (Lipinski definition) is 4. The third-order valence-electron chi connectivity index (χ3n) is 2.72. The van der Waals surface area contributed by atoms with Crippen molar-refractivity contribution >= 4 is 5.97 Å². The van der Waals surface area contributed by atoms with Crippen LogP contribution in [0.15, 0.2) is 36.5 Å². The molecule has 2 rings (SSSR count). The summed E-state index contributed by atoms with van der Waals surface area (Å²) in [4.78, 5) is 20.7. The Labute approximate surface area is 112 Å². The molecule has 2 heterocycles. The summed E-state index contributed by atoms with van der Waals surface area (Å²) in [6.07, 6.45) is 2.49. The molecule has 0 fully saturated rings. The maximum Gasteiger partial charge on any atom is 0.340 e. The Morgan fingerprint density at radius 3 is 2.68 bits per heavy atom. The number of esters is 1. The van der Waals surface area contributed by atoms with E-state index in [-0.39, 0.29) is 5.97 Å². The Bertz CT molecular complexity index is 568. The van der Waals surface area contributed by atoms with Crippen molar-refractivity contribution in [3.8, 4) is 11.4 Å². The Kier molecular flexibility index (Phi) is 4.23. The minimum absolute atomic E-state index is 0.343. The van der Waals surface area contributed by atoms with E-state index in [1.807, 2.05) is 31.2 Å². The first kappa shape index (κ1) is 13.2. The quantitative estimate of drug-likeness (QED) is 0.789. The molecule has 0 N–H and O–H groups in total. The van der Waals surface area contributed by atoms with Gasteiger partial charge < -0.3 is 4.74 Å².